The largest absolute Gasteiger partial charge is 0.508 e. The van der Waals surface area contributed by atoms with E-state index in [-0.39, 0.29) is 36.4 Å². The van der Waals surface area contributed by atoms with Gasteiger partial charge in [0.05, 0.1) is 53.2 Å². The molecule has 43 heteroatoms. The van der Waals surface area contributed by atoms with Gasteiger partial charge in [0.15, 0.2) is 23.9 Å². The van der Waals surface area contributed by atoms with Crippen LogP contribution in [0.1, 0.15) is 116 Å². The van der Waals surface area contributed by atoms with Crippen LogP contribution < -0.4 is 84.4 Å². The molecule has 40 nitrogen and oxygen atoms in total. The summed E-state index contributed by atoms with van der Waals surface area (Å²) in [5, 5.41) is 130. The van der Waals surface area contributed by atoms with E-state index in [1.807, 2.05) is 5.43 Å². The zero-order chi connectivity index (χ0) is 91.2. The predicted octanol–water partition coefficient (Wildman–Crippen LogP) is 1.19. The SMILES string of the molecule is CNC(CC(C)C)C(=O)NC1C(=O)NC(CC(N)=O)C(=O)NC2C(=O)NC3C(=O)NC(C(=O)N[C@@H](C(=O)NNC(=O)C(N)=O)c4cc(O)cc(O)c4-c4cc3ccc4O)C(O)c3ccc(c(Cl)c3)Oc3cc2cc(c3OC2OC(CO)C(O)C(O)C2OC2C[C@@](C)(NCc3cncc(NC(=O)/C=C/c4ccc(Cl)cc4)c3)C(O)C(C)O2)Oc2ccc(cc2Cl)C1O. The highest BCUT2D eigenvalue weighted by Gasteiger charge is 2.52. The van der Waals surface area contributed by atoms with Crippen LogP contribution in [0, 0.1) is 5.92 Å². The van der Waals surface area contributed by atoms with Crippen molar-refractivity contribution in [3.05, 3.63) is 182 Å². The number of hydrogen-bond donors (Lipinski definition) is 22. The molecular formula is C83H89Cl3N14O26. The smallest absolute Gasteiger partial charge is 0.327 e. The van der Waals surface area contributed by atoms with Crippen molar-refractivity contribution in [3.63, 3.8) is 0 Å². The normalized spacial score (nSPS) is 25.8. The van der Waals surface area contributed by atoms with Gasteiger partial charge in [-0.05, 0) is 151 Å². The quantitative estimate of drug-likeness (QED) is 0.0307. The summed E-state index contributed by atoms with van der Waals surface area (Å²) >= 11 is 20.4. The number of halogens is 3. The number of fused-ring (bicyclic) bond motifs is 15. The number of phenolic OH excluding ortho intramolecular Hbond substituents is 3. The Balaban J connectivity index is 1.02. The molecular weight excluding hydrogens is 1720 g/mol. The summed E-state index contributed by atoms with van der Waals surface area (Å²) in [4.78, 5) is 162. The van der Waals surface area contributed by atoms with Gasteiger partial charge in [0.2, 0.25) is 59.3 Å². The summed E-state index contributed by atoms with van der Waals surface area (Å²) < 4.78 is 39.5. The summed E-state index contributed by atoms with van der Waals surface area (Å²) in [5.74, 6) is -20.2. The molecule has 8 heterocycles. The minimum atomic E-state index is -2.43. The van der Waals surface area contributed by atoms with E-state index in [9.17, 15) is 74.7 Å². The number of rotatable bonds is 19. The molecule has 24 N–H and O–H groups in total. The van der Waals surface area contributed by atoms with Gasteiger partial charge in [0.25, 0.3) is 5.91 Å². The summed E-state index contributed by atoms with van der Waals surface area (Å²) in [5.41, 5.74) is 11.4. The Labute approximate surface area is 731 Å². The maximum atomic E-state index is 16.3. The van der Waals surface area contributed by atoms with Crippen LogP contribution >= 0.6 is 34.8 Å². The third kappa shape index (κ3) is 21.2. The molecule has 0 saturated carbocycles. The van der Waals surface area contributed by atoms with Gasteiger partial charge in [0, 0.05) is 53.0 Å². The first-order valence-corrected chi connectivity index (χ1v) is 40.2. The molecule has 668 valence electrons. The van der Waals surface area contributed by atoms with Crippen molar-refractivity contribution in [1.82, 2.24) is 58.4 Å². The third-order valence-corrected chi connectivity index (χ3v) is 22.2. The molecule has 2 saturated heterocycles. The number of primary amides is 2. The number of aromatic hydroxyl groups is 3. The number of amides is 11. The van der Waals surface area contributed by atoms with Crippen molar-refractivity contribution in [2.75, 3.05) is 19.0 Å². The number of anilines is 1. The van der Waals surface area contributed by atoms with Crippen molar-refractivity contribution in [1.29, 1.82) is 0 Å². The molecule has 7 aromatic rings. The van der Waals surface area contributed by atoms with E-state index in [1.54, 1.807) is 62.6 Å². The lowest BCUT2D eigenvalue weighted by Gasteiger charge is -2.48. The molecule has 7 aliphatic heterocycles. The first-order valence-electron chi connectivity index (χ1n) is 39.1. The zero-order valence-electron chi connectivity index (χ0n) is 67.3. The van der Waals surface area contributed by atoms with Gasteiger partial charge in [-0.25, -0.2) is 0 Å². The molecule has 0 radical (unpaired) electrons. The first kappa shape index (κ1) is 92.8. The summed E-state index contributed by atoms with van der Waals surface area (Å²) in [7, 11) is 1.46. The van der Waals surface area contributed by atoms with E-state index in [4.69, 9.17) is 74.7 Å². The van der Waals surface area contributed by atoms with E-state index >= 15 is 24.0 Å². The van der Waals surface area contributed by atoms with E-state index in [0.29, 0.717) is 21.8 Å². The number of ether oxygens (including phenoxy) is 6. The lowest BCUT2D eigenvalue weighted by Crippen LogP contribution is -2.65. The number of aliphatic hydroxyl groups is 6. The van der Waals surface area contributed by atoms with E-state index < -0.39 is 271 Å². The highest BCUT2D eigenvalue weighted by Crippen LogP contribution is 2.50. The molecule has 0 aliphatic carbocycles. The second-order valence-corrected chi connectivity index (χ2v) is 32.2. The number of aliphatic hydroxyl groups excluding tert-OH is 6. The maximum absolute atomic E-state index is 16.3. The molecule has 6 aromatic carbocycles. The number of nitrogens with zero attached hydrogens (tertiary/aromatic N) is 1. The fourth-order valence-corrected chi connectivity index (χ4v) is 15.4. The average Bonchev–Trinajstić information content (AvgIpc) is 0.765. The highest BCUT2D eigenvalue weighted by atomic mass is 35.5. The van der Waals surface area contributed by atoms with Crippen LogP contribution in [0.2, 0.25) is 15.1 Å². The zero-order valence-corrected chi connectivity index (χ0v) is 69.6. The first-order chi connectivity index (χ1) is 59.8. The number of hydrogen-bond acceptors (Lipinski definition) is 29. The van der Waals surface area contributed by atoms with E-state index in [0.717, 1.165) is 66.7 Å². The average molecular weight is 1810 g/mol. The highest BCUT2D eigenvalue weighted by molar-refractivity contribution is 6.34. The van der Waals surface area contributed by atoms with Crippen molar-refractivity contribution in [2.24, 2.45) is 17.4 Å². The molecule has 7 aliphatic rings. The van der Waals surface area contributed by atoms with Gasteiger partial charge in [-0.15, -0.1) is 0 Å². The van der Waals surface area contributed by atoms with Gasteiger partial charge < -0.3 is 134 Å². The summed E-state index contributed by atoms with van der Waals surface area (Å²) in [6, 6.07) is 6.83. The standard InChI is InChI=1S/C83H89Cl3N14O26/c1-33(2)18-48(89-5)74(113)97-64-66(107)38-10-15-52(46(85)21-38)122-54-23-40-24-55(70(54)126-82-71(69(110)68(109)56(32-101)124-82)125-59-28-83(4,72(111)34(3)121-59)91-30-36-19-42(31-90-29-36)92-58(106)17-8-35-6-12-41(84)13-7-35)123-53-16-11-39(22-47(53)86)67(108)65-79(118)96-63(80(119)99-100-81(120)73(88)112)45-25-43(102)26-51(104)60(45)44-20-37(9-14-50(44)103)61(76(115)98-65)95-77(116)62(40)94-75(114)49(27-57(87)105)93-78(64)117/h6-17,19-26,29,31,33-34,48-49,56,59,61-69,71-72,82,89,91,101-104,107-111H,18,27-28,30,32H2,1-5H3,(H2,87,105)(H2,88,112)(H,92,106)(H,93,117)(H,94,114)(H,95,116)(H,96,118)(H,97,113)(H,98,115)(H,99,119)(H,100,120)/b17-8+/t34?,48?,49?,56?,59?,61?,62?,63-,64?,65?,66?,67?,68?,69?,71?,72?,82?,83-/m1/s1. The lowest BCUT2D eigenvalue weighted by molar-refractivity contribution is -0.334. The van der Waals surface area contributed by atoms with Crippen LogP contribution in [-0.4, -0.2) is 208 Å². The fraction of sp³-hybridized carbons (Fsp3) is 0.349. The van der Waals surface area contributed by atoms with Crippen LogP contribution in [-0.2, 0) is 73.5 Å². The maximum Gasteiger partial charge on any atom is 0.327 e. The molecule has 2 fully saturated rings. The van der Waals surface area contributed by atoms with Crippen molar-refractivity contribution >= 4 is 112 Å². The van der Waals surface area contributed by atoms with Gasteiger partial charge >= 0.3 is 11.8 Å². The molecule has 11 amide bonds. The van der Waals surface area contributed by atoms with Gasteiger partial charge in [-0.3, -0.25) is 68.6 Å². The fourth-order valence-electron chi connectivity index (χ4n) is 14.8. The summed E-state index contributed by atoms with van der Waals surface area (Å²) in [6.45, 7) is 5.71. The molecule has 11 bridgehead atoms. The van der Waals surface area contributed by atoms with Crippen LogP contribution in [0.5, 0.6) is 46.0 Å². The minimum absolute atomic E-state index is 0.00839. The Morgan fingerprint density at radius 3 is 1.97 bits per heavy atom. The number of pyridine rings is 1. The van der Waals surface area contributed by atoms with Crippen molar-refractivity contribution < 1.29 is 127 Å². The Morgan fingerprint density at radius 1 is 0.690 bits per heavy atom. The second-order valence-electron chi connectivity index (χ2n) is 30.9. The molecule has 0 spiro atoms. The molecule has 1 aromatic heterocycles. The van der Waals surface area contributed by atoms with Crippen LogP contribution in [0.3, 0.4) is 0 Å². The number of benzene rings is 6. The number of phenols is 3. The number of likely N-dealkylation sites (N-methyl/N-ethyl adjacent to an activating group) is 1. The Morgan fingerprint density at radius 2 is 1.33 bits per heavy atom. The number of carbonyl (C=O) groups is 11. The molecule has 126 heavy (non-hydrogen) atoms. The van der Waals surface area contributed by atoms with Crippen molar-refractivity contribution in [3.8, 4) is 57.1 Å². The van der Waals surface area contributed by atoms with Crippen LogP contribution in [0.4, 0.5) is 5.69 Å². The van der Waals surface area contributed by atoms with E-state index in [1.165, 1.54) is 44.6 Å². The Kier molecular flexibility index (Phi) is 29.0. The lowest BCUT2D eigenvalue weighted by atomic mass is 9.84. The number of nitrogens with one attached hydrogen (secondary N) is 11. The molecule has 16 unspecified atom stereocenters. The Hall–Kier alpha value is -12.4. The number of nitrogens with two attached hydrogens (primary N) is 2. The minimum Gasteiger partial charge on any atom is -0.508 e. The molecule has 18 atom stereocenters. The van der Waals surface area contributed by atoms with Gasteiger partial charge in [-0.1, -0.05) is 79.0 Å². The van der Waals surface area contributed by atoms with Crippen molar-refractivity contribution in [2.45, 2.75) is 163 Å². The number of hydrazine groups is 1. The summed E-state index contributed by atoms with van der Waals surface area (Å²) in [6.07, 6.45) is -13.8. The monoisotopic (exact) mass is 1800 g/mol. The molecule has 14 rings (SSSR count). The number of carbonyl (C=O) groups excluding carboxylic acids is 11. The third-order valence-electron chi connectivity index (χ3n) is 21.3. The second kappa shape index (κ2) is 39.4. The predicted molar refractivity (Wildman–Crippen MR) is 443 cm³/mol. The Bertz CT molecular complexity index is 5430. The topological polar surface area (TPSA) is 622 Å². The number of aromatic nitrogens is 1. The van der Waals surface area contributed by atoms with E-state index in [2.05, 4.69) is 52.8 Å². The van der Waals surface area contributed by atoms with Gasteiger partial charge in [0.1, 0.15) is 95.5 Å². The van der Waals surface area contributed by atoms with Gasteiger partial charge in [-0.2, -0.15) is 0 Å². The van der Waals surface area contributed by atoms with Crippen LogP contribution in [0.25, 0.3) is 17.2 Å². The van der Waals surface area contributed by atoms with Crippen LogP contribution in [0.15, 0.2) is 128 Å².